The number of hydrogen-bond donors (Lipinski definition) is 3. The molecule has 18 heavy (non-hydrogen) atoms. The van der Waals surface area contributed by atoms with E-state index in [0.717, 1.165) is 18.2 Å². The third kappa shape index (κ3) is 3.83. The zero-order valence-electron chi connectivity index (χ0n) is 9.93. The van der Waals surface area contributed by atoms with Gasteiger partial charge in [0.15, 0.2) is 0 Å². The fraction of sp³-hybridized carbons (Fsp3) is 0.364. The average Bonchev–Trinajstić information content (AvgIpc) is 2.18. The molecule has 0 saturated carbocycles. The van der Waals surface area contributed by atoms with E-state index in [2.05, 4.69) is 10.6 Å². The highest BCUT2D eigenvalue weighted by molar-refractivity contribution is 5.92. The van der Waals surface area contributed by atoms with Crippen LogP contribution < -0.4 is 16.4 Å². The summed E-state index contributed by atoms with van der Waals surface area (Å²) in [5.74, 6) is 0. The maximum absolute atomic E-state index is 12.4. The van der Waals surface area contributed by atoms with Gasteiger partial charge in [0.1, 0.15) is 0 Å². The van der Waals surface area contributed by atoms with Gasteiger partial charge in [-0.2, -0.15) is 13.2 Å². The quantitative estimate of drug-likeness (QED) is 0.716. The van der Waals surface area contributed by atoms with Crippen LogP contribution in [0, 0.1) is 0 Å². The molecule has 0 aliphatic heterocycles. The van der Waals surface area contributed by atoms with Crippen LogP contribution in [0.3, 0.4) is 0 Å². The summed E-state index contributed by atoms with van der Waals surface area (Å²) in [6, 6.07) is 2.17. The molecule has 0 atom stereocenters. The molecule has 0 aromatic heterocycles. The molecular weight excluding hydrogens is 247 g/mol. The van der Waals surface area contributed by atoms with Gasteiger partial charge in [-0.3, -0.25) is 0 Å². The summed E-state index contributed by atoms with van der Waals surface area (Å²) >= 11 is 0. The molecular formula is C11H14F3N3O. The van der Waals surface area contributed by atoms with E-state index in [1.165, 1.54) is 0 Å². The van der Waals surface area contributed by atoms with Crippen LogP contribution in [0.25, 0.3) is 0 Å². The maximum Gasteiger partial charge on any atom is 0.416 e. The van der Waals surface area contributed by atoms with Crippen molar-refractivity contribution in [1.29, 1.82) is 0 Å². The van der Waals surface area contributed by atoms with Gasteiger partial charge in [-0.05, 0) is 32.0 Å². The summed E-state index contributed by atoms with van der Waals surface area (Å²) in [5.41, 5.74) is 4.61. The molecule has 0 fully saturated rings. The van der Waals surface area contributed by atoms with Crippen LogP contribution in [0.4, 0.5) is 29.3 Å². The first-order valence-corrected chi connectivity index (χ1v) is 5.24. The van der Waals surface area contributed by atoms with E-state index >= 15 is 0 Å². The number of benzene rings is 1. The van der Waals surface area contributed by atoms with Crippen molar-refractivity contribution in [2.45, 2.75) is 26.1 Å². The molecule has 100 valence electrons. The molecule has 4 N–H and O–H groups in total. The molecule has 0 bridgehead atoms. The number of alkyl halides is 3. The Morgan fingerprint density at radius 1 is 1.33 bits per heavy atom. The first-order chi connectivity index (χ1) is 8.20. The zero-order valence-corrected chi connectivity index (χ0v) is 9.93. The molecule has 7 heteroatoms. The van der Waals surface area contributed by atoms with Crippen LogP contribution in [-0.4, -0.2) is 12.1 Å². The third-order valence-electron chi connectivity index (χ3n) is 2.05. The molecule has 0 unspecified atom stereocenters. The van der Waals surface area contributed by atoms with Gasteiger partial charge >= 0.3 is 12.2 Å². The van der Waals surface area contributed by atoms with Crippen molar-refractivity contribution in [3.05, 3.63) is 23.8 Å². The minimum Gasteiger partial charge on any atom is -0.397 e. The Labute approximate surface area is 102 Å². The van der Waals surface area contributed by atoms with Crippen molar-refractivity contribution in [3.63, 3.8) is 0 Å². The molecule has 4 nitrogen and oxygen atoms in total. The average molecular weight is 261 g/mol. The second-order valence-electron chi connectivity index (χ2n) is 4.05. The molecule has 1 aromatic rings. The lowest BCUT2D eigenvalue weighted by Gasteiger charge is -2.13. The number of anilines is 2. The van der Waals surface area contributed by atoms with Gasteiger partial charge in [0.05, 0.1) is 16.9 Å². The van der Waals surface area contributed by atoms with Crippen molar-refractivity contribution in [2.24, 2.45) is 0 Å². The topological polar surface area (TPSA) is 67.2 Å². The van der Waals surface area contributed by atoms with E-state index in [1.807, 2.05) is 0 Å². The van der Waals surface area contributed by atoms with E-state index < -0.39 is 17.8 Å². The zero-order chi connectivity index (χ0) is 13.9. The Morgan fingerprint density at radius 2 is 1.94 bits per heavy atom. The van der Waals surface area contributed by atoms with Crippen LogP contribution in [0.1, 0.15) is 19.4 Å². The Balaban J connectivity index is 2.84. The highest BCUT2D eigenvalue weighted by Gasteiger charge is 2.30. The Bertz CT molecular complexity index is 444. The molecule has 0 aliphatic rings. The number of nitrogens with two attached hydrogens (primary N) is 1. The molecule has 0 aliphatic carbocycles. The van der Waals surface area contributed by atoms with Gasteiger partial charge in [0.2, 0.25) is 0 Å². The number of carbonyl (C=O) groups is 1. The molecule has 2 amide bonds. The molecule has 0 spiro atoms. The summed E-state index contributed by atoms with van der Waals surface area (Å²) < 4.78 is 37.1. The first kappa shape index (κ1) is 14.1. The fourth-order valence-electron chi connectivity index (χ4n) is 1.27. The lowest BCUT2D eigenvalue weighted by Crippen LogP contribution is -2.34. The Kier molecular flexibility index (Phi) is 4.05. The number of carbonyl (C=O) groups excluding carboxylic acids is 1. The number of hydrogen-bond acceptors (Lipinski definition) is 2. The highest BCUT2D eigenvalue weighted by Crippen LogP contribution is 2.32. The van der Waals surface area contributed by atoms with Gasteiger partial charge in [-0.15, -0.1) is 0 Å². The van der Waals surface area contributed by atoms with E-state index in [9.17, 15) is 18.0 Å². The lowest BCUT2D eigenvalue weighted by molar-refractivity contribution is -0.137. The van der Waals surface area contributed by atoms with Crippen LogP contribution in [0.5, 0.6) is 0 Å². The van der Waals surface area contributed by atoms with Crippen molar-refractivity contribution < 1.29 is 18.0 Å². The van der Waals surface area contributed by atoms with Crippen molar-refractivity contribution in [1.82, 2.24) is 5.32 Å². The van der Waals surface area contributed by atoms with Gasteiger partial charge in [0.25, 0.3) is 0 Å². The smallest absolute Gasteiger partial charge is 0.397 e. The fourth-order valence-corrected chi connectivity index (χ4v) is 1.27. The second kappa shape index (κ2) is 5.16. The monoisotopic (exact) mass is 261 g/mol. The van der Waals surface area contributed by atoms with E-state index in [4.69, 9.17) is 5.73 Å². The van der Waals surface area contributed by atoms with Crippen molar-refractivity contribution >= 4 is 17.4 Å². The number of nitrogens with one attached hydrogen (secondary N) is 2. The van der Waals surface area contributed by atoms with Gasteiger partial charge in [0, 0.05) is 6.04 Å². The molecule has 1 rings (SSSR count). The highest BCUT2D eigenvalue weighted by atomic mass is 19.4. The Hall–Kier alpha value is -1.92. The predicted octanol–water partition coefficient (Wildman–Crippen LogP) is 2.82. The Morgan fingerprint density at radius 3 is 2.39 bits per heavy atom. The molecule has 0 saturated heterocycles. The number of amides is 2. The minimum absolute atomic E-state index is 0.0827. The summed E-state index contributed by atoms with van der Waals surface area (Å²) in [7, 11) is 0. The minimum atomic E-state index is -4.45. The number of nitrogen functional groups attached to an aromatic ring is 1. The SMILES string of the molecule is CC(C)NC(=O)Nc1ccc(C(F)(F)F)cc1N. The van der Waals surface area contributed by atoms with Crippen molar-refractivity contribution in [2.75, 3.05) is 11.1 Å². The summed E-state index contributed by atoms with van der Waals surface area (Å²) in [4.78, 5) is 11.4. The van der Waals surface area contributed by atoms with Gasteiger partial charge in [-0.1, -0.05) is 0 Å². The van der Waals surface area contributed by atoms with Crippen LogP contribution in [-0.2, 0) is 6.18 Å². The number of urea groups is 1. The first-order valence-electron chi connectivity index (χ1n) is 5.24. The largest absolute Gasteiger partial charge is 0.416 e. The lowest BCUT2D eigenvalue weighted by atomic mass is 10.1. The molecule has 1 aromatic carbocycles. The molecule has 0 heterocycles. The van der Waals surface area contributed by atoms with Crippen LogP contribution in [0.2, 0.25) is 0 Å². The van der Waals surface area contributed by atoms with Gasteiger partial charge < -0.3 is 16.4 Å². The summed E-state index contributed by atoms with van der Waals surface area (Å²) in [6.45, 7) is 3.52. The van der Waals surface area contributed by atoms with E-state index in [1.54, 1.807) is 13.8 Å². The summed E-state index contributed by atoms with van der Waals surface area (Å²) in [6.07, 6.45) is -4.45. The number of rotatable bonds is 2. The van der Waals surface area contributed by atoms with Gasteiger partial charge in [-0.25, -0.2) is 4.79 Å². The normalized spacial score (nSPS) is 11.4. The van der Waals surface area contributed by atoms with Crippen molar-refractivity contribution in [3.8, 4) is 0 Å². The predicted molar refractivity (Wildman–Crippen MR) is 63.1 cm³/mol. The van der Waals surface area contributed by atoms with E-state index in [-0.39, 0.29) is 17.4 Å². The third-order valence-corrected chi connectivity index (χ3v) is 2.05. The molecule has 0 radical (unpaired) electrons. The second-order valence-corrected chi connectivity index (χ2v) is 4.05. The van der Waals surface area contributed by atoms with Crippen LogP contribution in [0.15, 0.2) is 18.2 Å². The number of halogens is 3. The van der Waals surface area contributed by atoms with Crippen LogP contribution >= 0.6 is 0 Å². The standard InChI is InChI=1S/C11H14F3N3O/c1-6(2)16-10(18)17-9-4-3-7(5-8(9)15)11(12,13)14/h3-6H,15H2,1-2H3,(H2,16,17,18). The maximum atomic E-state index is 12.4. The summed E-state index contributed by atoms with van der Waals surface area (Å²) in [5, 5.41) is 4.91. The van der Waals surface area contributed by atoms with E-state index in [0.29, 0.717) is 0 Å².